The molecule has 1 unspecified atom stereocenters. The van der Waals surface area contributed by atoms with Crippen LogP contribution < -0.4 is 16.4 Å². The highest BCUT2D eigenvalue weighted by Gasteiger charge is 2.19. The van der Waals surface area contributed by atoms with E-state index in [9.17, 15) is 0 Å². The largest absolute Gasteiger partial charge is 0.483 e. The molecule has 16 heavy (non-hydrogen) atoms. The standard InChI is InChI=1S/C5H12N2.C3H10O3Si.H5NSi/c1-4(6)5-2-7-3-5;1-4-7(5-2)6-3;1-2/h4-5,7H,2-3,6H2,1H3;7H,1-3H3;1H2,2H3. The van der Waals surface area contributed by atoms with E-state index in [2.05, 4.69) is 17.6 Å². The average molecular weight is 269 g/mol. The van der Waals surface area contributed by atoms with Crippen LogP contribution in [0, 0.1) is 5.92 Å². The molecule has 0 bridgehead atoms. The van der Waals surface area contributed by atoms with Crippen LogP contribution in [0.25, 0.3) is 0 Å². The molecule has 0 spiro atoms. The molecule has 0 aliphatic carbocycles. The van der Waals surface area contributed by atoms with Gasteiger partial charge >= 0.3 is 9.53 Å². The summed E-state index contributed by atoms with van der Waals surface area (Å²) < 4.78 is 14.2. The Morgan fingerprint density at radius 1 is 1.19 bits per heavy atom. The maximum Gasteiger partial charge on any atom is 0.483 e. The number of hydrogen-bond acceptors (Lipinski definition) is 6. The Hall–Kier alpha value is 0.194. The van der Waals surface area contributed by atoms with Crippen LogP contribution in [0.5, 0.6) is 0 Å². The molecule has 1 aliphatic rings. The van der Waals surface area contributed by atoms with Crippen molar-refractivity contribution < 1.29 is 13.3 Å². The lowest BCUT2D eigenvalue weighted by atomic mass is 9.96. The Morgan fingerprint density at radius 3 is 1.56 bits per heavy atom. The number of nitrogens with two attached hydrogens (primary N) is 2. The summed E-state index contributed by atoms with van der Waals surface area (Å²) in [5, 5.41) is 7.80. The molecule has 8 heteroatoms. The van der Waals surface area contributed by atoms with Crippen molar-refractivity contribution in [2.45, 2.75) is 13.0 Å². The van der Waals surface area contributed by atoms with Crippen molar-refractivity contribution in [3.63, 3.8) is 0 Å². The molecule has 6 nitrogen and oxygen atoms in total. The Balaban J connectivity index is 0. The lowest BCUT2D eigenvalue weighted by Gasteiger charge is -2.30. The first kappa shape index (κ1) is 18.6. The molecule has 0 radical (unpaired) electrons. The fourth-order valence-corrected chi connectivity index (χ4v) is 1.55. The minimum absolute atomic E-state index is 0.390. The molecule has 1 atom stereocenters. The summed E-state index contributed by atoms with van der Waals surface area (Å²) in [5.74, 6) is 0.750. The zero-order chi connectivity index (χ0) is 13.0. The predicted octanol–water partition coefficient (Wildman–Crippen LogP) is -2.58. The van der Waals surface area contributed by atoms with E-state index in [-0.39, 0.29) is 0 Å². The van der Waals surface area contributed by atoms with Gasteiger partial charge in [-0.15, -0.1) is 0 Å². The Labute approximate surface area is 103 Å². The summed E-state index contributed by atoms with van der Waals surface area (Å²) >= 11 is 0. The van der Waals surface area contributed by atoms with Crippen LogP contribution in [0.3, 0.4) is 0 Å². The van der Waals surface area contributed by atoms with Gasteiger partial charge in [0.1, 0.15) is 0 Å². The van der Waals surface area contributed by atoms with Crippen LogP contribution in [-0.2, 0) is 13.3 Å². The second-order valence-electron chi connectivity index (χ2n) is 3.27. The topological polar surface area (TPSA) is 91.8 Å². The van der Waals surface area contributed by atoms with Crippen molar-refractivity contribution >= 4 is 19.9 Å². The predicted molar refractivity (Wildman–Crippen MR) is 72.3 cm³/mol. The van der Waals surface area contributed by atoms with Crippen LogP contribution in [0.15, 0.2) is 0 Å². The van der Waals surface area contributed by atoms with Crippen molar-refractivity contribution in [2.24, 2.45) is 17.1 Å². The SMILES string of the molecule is CC(N)C1CNC1.CO[SiH](OC)OC.N[SiH3]. The average Bonchev–Trinajstić information content (AvgIpc) is 2.21. The number of rotatable bonds is 4. The van der Waals surface area contributed by atoms with Crippen molar-refractivity contribution in [1.29, 1.82) is 0 Å². The third-order valence-corrected chi connectivity index (χ3v) is 3.29. The lowest BCUT2D eigenvalue weighted by Crippen LogP contribution is -2.50. The van der Waals surface area contributed by atoms with Crippen LogP contribution in [0.1, 0.15) is 6.92 Å². The molecule has 1 fully saturated rings. The fraction of sp³-hybridized carbons (Fsp3) is 1.00. The Kier molecular flexibility index (Phi) is 15.4. The van der Waals surface area contributed by atoms with Gasteiger partial charge in [0.15, 0.2) is 0 Å². The van der Waals surface area contributed by atoms with E-state index in [4.69, 9.17) is 19.0 Å². The van der Waals surface area contributed by atoms with Gasteiger partial charge in [0.25, 0.3) is 0 Å². The number of nitrogens with one attached hydrogen (secondary N) is 1. The van der Waals surface area contributed by atoms with Crippen molar-refractivity contribution in [2.75, 3.05) is 34.4 Å². The molecule has 100 valence electrons. The summed E-state index contributed by atoms with van der Waals surface area (Å²) in [4.78, 5) is 0. The van der Waals surface area contributed by atoms with Crippen LogP contribution in [-0.4, -0.2) is 60.4 Å². The molecule has 1 saturated heterocycles. The van der Waals surface area contributed by atoms with Gasteiger partial charge in [-0.1, -0.05) is 0 Å². The van der Waals surface area contributed by atoms with Gasteiger partial charge in [0, 0.05) is 40.5 Å². The quantitative estimate of drug-likeness (QED) is 0.486. The summed E-state index contributed by atoms with van der Waals surface area (Å²) in [5.41, 5.74) is 5.56. The molecular weight excluding hydrogens is 242 g/mol. The molecular formula is C8H27N3O3Si2. The monoisotopic (exact) mass is 269 g/mol. The first-order valence-electron chi connectivity index (χ1n) is 5.28. The number of hydrogen-bond donors (Lipinski definition) is 3. The molecule has 1 aliphatic heterocycles. The lowest BCUT2D eigenvalue weighted by molar-refractivity contribution is 0.163. The molecule has 0 aromatic rings. The van der Waals surface area contributed by atoms with Crippen LogP contribution in [0.4, 0.5) is 0 Å². The molecule has 0 amide bonds. The van der Waals surface area contributed by atoms with E-state index in [0.717, 1.165) is 29.4 Å². The van der Waals surface area contributed by atoms with Crippen molar-refractivity contribution in [3.05, 3.63) is 0 Å². The Morgan fingerprint density at radius 2 is 1.56 bits per heavy atom. The second-order valence-corrected chi connectivity index (χ2v) is 5.26. The van der Waals surface area contributed by atoms with E-state index in [1.807, 2.05) is 0 Å². The van der Waals surface area contributed by atoms with Gasteiger partial charge in [-0.3, -0.25) is 0 Å². The summed E-state index contributed by atoms with van der Waals surface area (Å²) in [6.45, 7) is 4.31. The minimum atomic E-state index is -1.67. The third kappa shape index (κ3) is 9.42. The van der Waals surface area contributed by atoms with E-state index in [1.165, 1.54) is 0 Å². The first-order chi connectivity index (χ1) is 7.65. The summed E-state index contributed by atoms with van der Waals surface area (Å²) in [6, 6.07) is 0.390. The smallest absolute Gasteiger partial charge is 0.379 e. The van der Waals surface area contributed by atoms with Gasteiger partial charge in [-0.2, -0.15) is 0 Å². The maximum atomic E-state index is 5.56. The Bertz CT molecular complexity index is 127. The molecule has 1 heterocycles. The van der Waals surface area contributed by atoms with Crippen LogP contribution >= 0.6 is 0 Å². The molecule has 1 rings (SSSR count). The third-order valence-electron chi connectivity index (χ3n) is 2.13. The fourth-order valence-electron chi connectivity index (χ4n) is 0.971. The van der Waals surface area contributed by atoms with Gasteiger partial charge in [-0.05, 0) is 12.8 Å². The molecule has 0 aromatic carbocycles. The van der Waals surface area contributed by atoms with Crippen molar-refractivity contribution in [3.8, 4) is 0 Å². The van der Waals surface area contributed by atoms with Crippen LogP contribution in [0.2, 0.25) is 0 Å². The zero-order valence-electron chi connectivity index (χ0n) is 11.0. The van der Waals surface area contributed by atoms with E-state index >= 15 is 0 Å². The maximum absolute atomic E-state index is 5.56. The highest BCUT2D eigenvalue weighted by Crippen LogP contribution is 2.04. The van der Waals surface area contributed by atoms with Gasteiger partial charge in [0.2, 0.25) is 0 Å². The molecule has 0 saturated carbocycles. The van der Waals surface area contributed by atoms with Gasteiger partial charge in [0.05, 0.1) is 10.4 Å². The highest BCUT2D eigenvalue weighted by molar-refractivity contribution is 6.36. The minimum Gasteiger partial charge on any atom is -0.379 e. The summed E-state index contributed by atoms with van der Waals surface area (Å²) in [7, 11) is 3.85. The first-order valence-corrected chi connectivity index (χ1v) is 7.85. The molecule has 0 aromatic heterocycles. The van der Waals surface area contributed by atoms with Crippen molar-refractivity contribution in [1.82, 2.24) is 5.32 Å². The van der Waals surface area contributed by atoms with Gasteiger partial charge < -0.3 is 29.7 Å². The van der Waals surface area contributed by atoms with E-state index < -0.39 is 9.53 Å². The van der Waals surface area contributed by atoms with E-state index in [1.54, 1.807) is 21.3 Å². The van der Waals surface area contributed by atoms with E-state index in [0.29, 0.717) is 6.04 Å². The summed E-state index contributed by atoms with van der Waals surface area (Å²) in [6.07, 6.45) is 0. The normalized spacial score (nSPS) is 16.7. The second kappa shape index (κ2) is 13.3. The van der Waals surface area contributed by atoms with Gasteiger partial charge in [-0.25, -0.2) is 0 Å². The zero-order valence-corrected chi connectivity index (χ0v) is 14.2. The molecule has 5 N–H and O–H groups in total. The highest BCUT2D eigenvalue weighted by atomic mass is 28.3.